The predicted octanol–water partition coefficient (Wildman–Crippen LogP) is -2.02. The van der Waals surface area contributed by atoms with E-state index in [1.807, 2.05) is 0 Å². The molecule has 0 saturated heterocycles. The molecule has 5 nitrogen and oxygen atoms in total. The van der Waals surface area contributed by atoms with Crippen LogP contribution in [-0.2, 0) is 10.0 Å². The second-order valence-corrected chi connectivity index (χ2v) is 4.20. The molecule has 1 heterocycles. The Balaban J connectivity index is 3.21. The Bertz CT molecular complexity index is 330. The van der Waals surface area contributed by atoms with Crippen molar-refractivity contribution in [2.45, 2.75) is 4.34 Å². The molecule has 0 aliphatic rings. The van der Waals surface area contributed by atoms with Gasteiger partial charge in [-0.15, -0.1) is 5.10 Å². The molecule has 2 N–H and O–H groups in total. The molecule has 0 spiro atoms. The van der Waals surface area contributed by atoms with Crippen molar-refractivity contribution in [2.24, 2.45) is 5.14 Å². The zero-order chi connectivity index (χ0) is 7.78. The van der Waals surface area contributed by atoms with E-state index in [2.05, 4.69) is 10.2 Å². The summed E-state index contributed by atoms with van der Waals surface area (Å²) in [6, 6.07) is 0. The number of aromatic nitrogens is 2. The molecule has 10 heavy (non-hydrogen) atoms. The van der Waals surface area contributed by atoms with Gasteiger partial charge in [-0.3, -0.25) is 0 Å². The van der Waals surface area contributed by atoms with Gasteiger partial charge in [0.1, 0.15) is 0 Å². The van der Waals surface area contributed by atoms with E-state index in [0.717, 1.165) is 11.3 Å². The SMILES string of the molecule is [B]c1nnc(S(N)(=O)=O)s1. The lowest BCUT2D eigenvalue weighted by molar-refractivity contribution is 0.596. The molecule has 8 heteroatoms. The first kappa shape index (κ1) is 7.64. The van der Waals surface area contributed by atoms with Crippen LogP contribution >= 0.6 is 11.3 Å². The van der Waals surface area contributed by atoms with Crippen LogP contribution in [0.15, 0.2) is 4.34 Å². The Morgan fingerprint density at radius 1 is 1.50 bits per heavy atom. The molecule has 0 atom stereocenters. The molecule has 1 rings (SSSR count). The Hall–Kier alpha value is -0.465. The van der Waals surface area contributed by atoms with Gasteiger partial charge in [0.05, 0.1) is 4.91 Å². The topological polar surface area (TPSA) is 85.9 Å². The Morgan fingerprint density at radius 2 is 2.10 bits per heavy atom. The van der Waals surface area contributed by atoms with Gasteiger partial charge in [0.2, 0.25) is 4.34 Å². The van der Waals surface area contributed by atoms with Crippen molar-refractivity contribution in [1.82, 2.24) is 10.2 Å². The van der Waals surface area contributed by atoms with Crippen molar-refractivity contribution in [3.63, 3.8) is 0 Å². The first-order valence-corrected chi connectivity index (χ1v) is 4.48. The monoisotopic (exact) mass is 175 g/mol. The maximum atomic E-state index is 10.5. The third-order valence-electron chi connectivity index (χ3n) is 0.665. The van der Waals surface area contributed by atoms with Gasteiger partial charge in [0, 0.05) is 0 Å². The van der Waals surface area contributed by atoms with Crippen molar-refractivity contribution in [3.05, 3.63) is 0 Å². The number of hydrogen-bond donors (Lipinski definition) is 1. The zero-order valence-electron chi connectivity index (χ0n) is 4.68. The minimum absolute atomic E-state index is 0.0871. The van der Waals surface area contributed by atoms with Crippen molar-refractivity contribution >= 4 is 34.1 Å². The highest BCUT2D eigenvalue weighted by atomic mass is 32.2. The van der Waals surface area contributed by atoms with Crippen molar-refractivity contribution in [3.8, 4) is 0 Å². The largest absolute Gasteiger partial charge is 0.267 e. The summed E-state index contributed by atoms with van der Waals surface area (Å²) in [5.74, 6) is 0. The van der Waals surface area contributed by atoms with Crippen LogP contribution in [0.5, 0.6) is 0 Å². The molecule has 2 radical (unpaired) electrons. The molecular weight excluding hydrogens is 173 g/mol. The molecule has 0 aromatic carbocycles. The molecule has 1 aromatic heterocycles. The smallest absolute Gasteiger partial charge is 0.223 e. The minimum Gasteiger partial charge on any atom is -0.223 e. The summed E-state index contributed by atoms with van der Waals surface area (Å²) in [7, 11) is 1.38. The summed E-state index contributed by atoms with van der Waals surface area (Å²) in [6.07, 6.45) is 0. The highest BCUT2D eigenvalue weighted by Crippen LogP contribution is 2.03. The van der Waals surface area contributed by atoms with Crippen molar-refractivity contribution < 1.29 is 8.42 Å². The molecular formula is C2H2BN3O2S2. The normalized spacial score (nSPS) is 11.7. The summed E-state index contributed by atoms with van der Waals surface area (Å²) in [5.41, 5.74) is 0. The van der Waals surface area contributed by atoms with E-state index in [1.165, 1.54) is 0 Å². The van der Waals surface area contributed by atoms with Crippen LogP contribution in [0.2, 0.25) is 0 Å². The number of nitrogens with two attached hydrogens (primary N) is 1. The van der Waals surface area contributed by atoms with Crippen LogP contribution in [0.25, 0.3) is 0 Å². The predicted molar refractivity (Wildman–Crippen MR) is 36.7 cm³/mol. The van der Waals surface area contributed by atoms with Gasteiger partial charge < -0.3 is 0 Å². The van der Waals surface area contributed by atoms with E-state index in [0.29, 0.717) is 0 Å². The van der Waals surface area contributed by atoms with Gasteiger partial charge in [-0.2, -0.15) is 5.10 Å². The number of hydrogen-bond acceptors (Lipinski definition) is 5. The lowest BCUT2D eigenvalue weighted by atomic mass is 10.2. The van der Waals surface area contributed by atoms with Crippen LogP contribution in [0, 0.1) is 0 Å². The van der Waals surface area contributed by atoms with E-state index < -0.39 is 10.0 Å². The molecule has 0 unspecified atom stereocenters. The zero-order valence-corrected chi connectivity index (χ0v) is 6.32. The lowest BCUT2D eigenvalue weighted by Gasteiger charge is -1.83. The van der Waals surface area contributed by atoms with E-state index in [-0.39, 0.29) is 9.25 Å². The Labute approximate surface area is 62.7 Å². The van der Waals surface area contributed by atoms with E-state index in [1.54, 1.807) is 0 Å². The Morgan fingerprint density at radius 3 is 2.30 bits per heavy atom. The Kier molecular flexibility index (Phi) is 1.75. The first-order chi connectivity index (χ1) is 4.50. The second kappa shape index (κ2) is 2.29. The number of nitrogens with zero attached hydrogens (tertiary/aromatic N) is 2. The minimum atomic E-state index is -3.72. The van der Waals surface area contributed by atoms with E-state index in [9.17, 15) is 8.42 Å². The van der Waals surface area contributed by atoms with Crippen LogP contribution in [-0.4, -0.2) is 26.5 Å². The summed E-state index contributed by atoms with van der Waals surface area (Å²) in [6.45, 7) is 0. The van der Waals surface area contributed by atoms with Crippen molar-refractivity contribution in [2.75, 3.05) is 0 Å². The maximum absolute atomic E-state index is 10.5. The quantitative estimate of drug-likeness (QED) is 0.499. The maximum Gasteiger partial charge on any atom is 0.267 e. The third-order valence-corrected chi connectivity index (χ3v) is 2.73. The molecule has 0 saturated carbocycles. The standard InChI is InChI=1S/C2H2BN3O2S2/c3-1-5-6-2(9-1)10(4,7)8/h(H2,4,7,8). The van der Waals surface area contributed by atoms with Crippen LogP contribution in [0.4, 0.5) is 0 Å². The van der Waals surface area contributed by atoms with Gasteiger partial charge in [0.25, 0.3) is 10.0 Å². The van der Waals surface area contributed by atoms with Crippen LogP contribution in [0.3, 0.4) is 0 Å². The van der Waals surface area contributed by atoms with E-state index in [4.69, 9.17) is 13.0 Å². The molecule has 0 aliphatic carbocycles. The van der Waals surface area contributed by atoms with E-state index >= 15 is 0 Å². The molecule has 0 aliphatic heterocycles. The van der Waals surface area contributed by atoms with Crippen molar-refractivity contribution in [1.29, 1.82) is 0 Å². The second-order valence-electron chi connectivity index (χ2n) is 1.45. The fraction of sp³-hybridized carbons (Fsp3) is 0. The molecule has 1 aromatic rings. The van der Waals surface area contributed by atoms with Crippen LogP contribution in [0.1, 0.15) is 0 Å². The van der Waals surface area contributed by atoms with Crippen LogP contribution < -0.4 is 10.0 Å². The van der Waals surface area contributed by atoms with Gasteiger partial charge in [0.15, 0.2) is 7.85 Å². The van der Waals surface area contributed by atoms with Gasteiger partial charge in [-0.05, 0) is 0 Å². The summed E-state index contributed by atoms with van der Waals surface area (Å²) in [4.78, 5) is 0.0871. The first-order valence-electron chi connectivity index (χ1n) is 2.12. The van der Waals surface area contributed by atoms with Gasteiger partial charge in [-0.1, -0.05) is 11.3 Å². The summed E-state index contributed by atoms with van der Waals surface area (Å²) < 4.78 is 20.7. The summed E-state index contributed by atoms with van der Waals surface area (Å²) >= 11 is 0.737. The fourth-order valence-corrected chi connectivity index (χ4v) is 1.55. The fourth-order valence-electron chi connectivity index (χ4n) is 0.335. The highest BCUT2D eigenvalue weighted by Gasteiger charge is 2.12. The lowest BCUT2D eigenvalue weighted by Crippen LogP contribution is -2.11. The average molecular weight is 175 g/mol. The average Bonchev–Trinajstić information content (AvgIpc) is 2.11. The van der Waals surface area contributed by atoms with Gasteiger partial charge in [-0.25, -0.2) is 13.6 Å². The molecule has 0 amide bonds. The number of sulfonamides is 1. The molecule has 0 fully saturated rings. The molecule has 52 valence electrons. The number of primary sulfonamides is 1. The molecule has 0 bridgehead atoms. The summed E-state index contributed by atoms with van der Waals surface area (Å²) in [5, 5.41) is 11.2. The third kappa shape index (κ3) is 1.52. The number of rotatable bonds is 1. The van der Waals surface area contributed by atoms with Gasteiger partial charge >= 0.3 is 0 Å². The highest BCUT2D eigenvalue weighted by molar-refractivity contribution is 7.91.